The summed E-state index contributed by atoms with van der Waals surface area (Å²) < 4.78 is 12.8. The highest BCUT2D eigenvalue weighted by Crippen LogP contribution is 2.14. The first kappa shape index (κ1) is 19.1. The third-order valence-electron chi connectivity index (χ3n) is 3.99. The highest BCUT2D eigenvalue weighted by molar-refractivity contribution is 7.80. The van der Waals surface area contributed by atoms with E-state index in [0.717, 1.165) is 50.4 Å². The quantitative estimate of drug-likeness (QED) is 0.634. The lowest BCUT2D eigenvalue weighted by molar-refractivity contribution is 0.239. The number of hydrogen-bond donors (Lipinski definition) is 2. The third kappa shape index (κ3) is 5.71. The summed E-state index contributed by atoms with van der Waals surface area (Å²) in [5.74, 6) is -0.164. The van der Waals surface area contributed by atoms with Gasteiger partial charge in [0, 0.05) is 32.7 Å². The van der Waals surface area contributed by atoms with Crippen molar-refractivity contribution >= 4 is 29.7 Å². The number of nitrogens with zero attached hydrogens (tertiary/aromatic N) is 1. The molecule has 3 nitrogen and oxygen atoms in total. The third-order valence-corrected chi connectivity index (χ3v) is 4.43. The molecule has 0 saturated carbocycles. The van der Waals surface area contributed by atoms with Crippen molar-refractivity contribution < 1.29 is 4.39 Å². The summed E-state index contributed by atoms with van der Waals surface area (Å²) in [7, 11) is 1.88. The highest BCUT2D eigenvalue weighted by atomic mass is 35.5. The molecule has 0 bridgehead atoms. The van der Waals surface area contributed by atoms with E-state index < -0.39 is 0 Å². The van der Waals surface area contributed by atoms with Crippen LogP contribution < -0.4 is 10.6 Å². The van der Waals surface area contributed by atoms with Crippen molar-refractivity contribution in [3.05, 3.63) is 35.6 Å². The van der Waals surface area contributed by atoms with Crippen LogP contribution in [0, 0.1) is 5.82 Å². The smallest absolute Gasteiger partial charge is 0.169 e. The number of unbranched alkanes of at least 4 members (excludes halogenated alkanes) is 1. The Morgan fingerprint density at radius 2 is 2.09 bits per heavy atom. The summed E-state index contributed by atoms with van der Waals surface area (Å²) in [4.78, 5) is 2.30. The first-order valence-corrected chi connectivity index (χ1v) is 8.05. The number of hydrogen-bond acceptors (Lipinski definition) is 2. The Bertz CT molecular complexity index is 455. The molecule has 1 fully saturated rings. The molecule has 1 unspecified atom stereocenters. The average Bonchev–Trinajstić information content (AvgIpc) is 2.53. The van der Waals surface area contributed by atoms with Crippen LogP contribution >= 0.6 is 24.6 Å². The average molecular weight is 346 g/mol. The summed E-state index contributed by atoms with van der Waals surface area (Å²) in [5, 5.41) is 7.37. The normalized spacial score (nSPS) is 17.7. The topological polar surface area (TPSA) is 27.3 Å². The lowest BCUT2D eigenvalue weighted by Crippen LogP contribution is -2.55. The zero-order valence-electron chi connectivity index (χ0n) is 13.0. The van der Waals surface area contributed by atoms with E-state index in [9.17, 15) is 4.39 Å². The Hall–Kier alpha value is -0.910. The molecule has 0 amide bonds. The predicted octanol–water partition coefficient (Wildman–Crippen LogP) is 2.74. The number of aryl methyl sites for hydroxylation is 1. The summed E-state index contributed by atoms with van der Waals surface area (Å²) in [6, 6.07) is 7.30. The Kier molecular flexibility index (Phi) is 8.68. The summed E-state index contributed by atoms with van der Waals surface area (Å²) in [6.45, 7) is 2.97. The maximum atomic E-state index is 12.8. The zero-order chi connectivity index (χ0) is 15.1. The van der Waals surface area contributed by atoms with Gasteiger partial charge in [-0.25, -0.2) is 4.39 Å². The SMILES string of the molecule is CNC(=S)N1CCNCC1CCCCc1ccc(F)cc1.Cl. The van der Waals surface area contributed by atoms with Gasteiger partial charge in [0.15, 0.2) is 5.11 Å². The van der Waals surface area contributed by atoms with Gasteiger partial charge in [-0.2, -0.15) is 0 Å². The molecule has 2 N–H and O–H groups in total. The molecule has 22 heavy (non-hydrogen) atoms. The van der Waals surface area contributed by atoms with Crippen molar-refractivity contribution in [1.82, 2.24) is 15.5 Å². The fourth-order valence-electron chi connectivity index (χ4n) is 2.79. The number of piperazine rings is 1. The van der Waals surface area contributed by atoms with Crippen molar-refractivity contribution in [1.29, 1.82) is 0 Å². The van der Waals surface area contributed by atoms with E-state index in [1.165, 1.54) is 17.7 Å². The minimum atomic E-state index is -0.164. The van der Waals surface area contributed by atoms with Crippen LogP contribution in [0.25, 0.3) is 0 Å². The Balaban J connectivity index is 0.00000242. The Labute approximate surface area is 144 Å². The molecule has 6 heteroatoms. The van der Waals surface area contributed by atoms with Gasteiger partial charge in [0.25, 0.3) is 0 Å². The van der Waals surface area contributed by atoms with Gasteiger partial charge in [-0.3, -0.25) is 0 Å². The van der Waals surface area contributed by atoms with E-state index in [0.29, 0.717) is 6.04 Å². The minimum Gasteiger partial charge on any atom is -0.366 e. The van der Waals surface area contributed by atoms with Gasteiger partial charge in [-0.1, -0.05) is 18.6 Å². The van der Waals surface area contributed by atoms with Crippen molar-refractivity contribution in [2.24, 2.45) is 0 Å². The molecule has 1 aromatic carbocycles. The second kappa shape index (κ2) is 9.98. The molecular formula is C16H25ClFN3S. The molecule has 1 atom stereocenters. The summed E-state index contributed by atoms with van der Waals surface area (Å²) in [6.07, 6.45) is 4.43. The standard InChI is InChI=1S/C16H24FN3S.ClH/c1-18-16(21)20-11-10-19-12-15(20)5-3-2-4-13-6-8-14(17)9-7-13;/h6-9,15,19H,2-5,10-12H2,1H3,(H,18,21);1H. The molecule has 0 spiro atoms. The number of benzene rings is 1. The lowest BCUT2D eigenvalue weighted by Gasteiger charge is -2.37. The predicted molar refractivity (Wildman–Crippen MR) is 96.2 cm³/mol. The first-order valence-electron chi connectivity index (χ1n) is 7.64. The van der Waals surface area contributed by atoms with Crippen LogP contribution in [0.2, 0.25) is 0 Å². The van der Waals surface area contributed by atoms with Crippen LogP contribution in [-0.4, -0.2) is 42.7 Å². The molecule has 124 valence electrons. The molecule has 0 aliphatic carbocycles. The van der Waals surface area contributed by atoms with Gasteiger partial charge >= 0.3 is 0 Å². The van der Waals surface area contributed by atoms with Crippen molar-refractivity contribution in [2.45, 2.75) is 31.7 Å². The maximum absolute atomic E-state index is 12.8. The van der Waals surface area contributed by atoms with Crippen LogP contribution in [0.4, 0.5) is 4.39 Å². The van der Waals surface area contributed by atoms with Crippen molar-refractivity contribution in [3.8, 4) is 0 Å². The molecule has 1 saturated heterocycles. The summed E-state index contributed by atoms with van der Waals surface area (Å²) in [5.41, 5.74) is 1.21. The monoisotopic (exact) mass is 345 g/mol. The number of thiocarbonyl (C=S) groups is 1. The molecule has 1 aliphatic rings. The van der Waals surface area contributed by atoms with Gasteiger partial charge in [0.1, 0.15) is 5.82 Å². The van der Waals surface area contributed by atoms with E-state index in [2.05, 4.69) is 15.5 Å². The van der Waals surface area contributed by atoms with Crippen LogP contribution in [0.1, 0.15) is 24.8 Å². The van der Waals surface area contributed by atoms with Gasteiger partial charge in [-0.15, -0.1) is 12.4 Å². The lowest BCUT2D eigenvalue weighted by atomic mass is 10.0. The van der Waals surface area contributed by atoms with Gasteiger partial charge < -0.3 is 15.5 Å². The van der Waals surface area contributed by atoms with E-state index in [-0.39, 0.29) is 18.2 Å². The summed E-state index contributed by atoms with van der Waals surface area (Å²) >= 11 is 5.37. The first-order chi connectivity index (χ1) is 10.2. The molecule has 1 heterocycles. The largest absolute Gasteiger partial charge is 0.366 e. The number of nitrogens with one attached hydrogen (secondary N) is 2. The van der Waals surface area contributed by atoms with Crippen LogP contribution in [0.3, 0.4) is 0 Å². The van der Waals surface area contributed by atoms with E-state index in [4.69, 9.17) is 12.2 Å². The van der Waals surface area contributed by atoms with E-state index in [1.807, 2.05) is 19.2 Å². The molecule has 0 aromatic heterocycles. The second-order valence-corrected chi connectivity index (χ2v) is 5.87. The Morgan fingerprint density at radius 3 is 2.77 bits per heavy atom. The molecule has 0 radical (unpaired) electrons. The maximum Gasteiger partial charge on any atom is 0.169 e. The van der Waals surface area contributed by atoms with Gasteiger partial charge in [-0.05, 0) is 49.2 Å². The number of halogens is 2. The molecule has 2 rings (SSSR count). The van der Waals surface area contributed by atoms with Crippen LogP contribution in [-0.2, 0) is 6.42 Å². The fourth-order valence-corrected chi connectivity index (χ4v) is 3.03. The number of rotatable bonds is 5. The molecule has 1 aliphatic heterocycles. The van der Waals surface area contributed by atoms with Gasteiger partial charge in [0.05, 0.1) is 0 Å². The minimum absolute atomic E-state index is 0. The highest BCUT2D eigenvalue weighted by Gasteiger charge is 2.22. The van der Waals surface area contributed by atoms with Crippen molar-refractivity contribution in [3.63, 3.8) is 0 Å². The van der Waals surface area contributed by atoms with E-state index in [1.54, 1.807) is 0 Å². The zero-order valence-corrected chi connectivity index (χ0v) is 14.6. The van der Waals surface area contributed by atoms with Crippen LogP contribution in [0.5, 0.6) is 0 Å². The van der Waals surface area contributed by atoms with Crippen molar-refractivity contribution in [2.75, 3.05) is 26.7 Å². The molecular weight excluding hydrogens is 321 g/mol. The van der Waals surface area contributed by atoms with Crippen LogP contribution in [0.15, 0.2) is 24.3 Å². The second-order valence-electron chi connectivity index (χ2n) is 5.48. The fraction of sp³-hybridized carbons (Fsp3) is 0.562. The van der Waals surface area contributed by atoms with Gasteiger partial charge in [0.2, 0.25) is 0 Å². The van der Waals surface area contributed by atoms with E-state index >= 15 is 0 Å². The Morgan fingerprint density at radius 1 is 1.36 bits per heavy atom. The molecule has 1 aromatic rings.